The third-order valence-electron chi connectivity index (χ3n) is 3.51. The Bertz CT molecular complexity index is 273. The maximum Gasteiger partial charge on any atom is 0.191 e. The number of piperidine rings is 1. The molecule has 0 spiro atoms. The zero-order chi connectivity index (χ0) is 13.9. The van der Waals surface area contributed by atoms with E-state index in [1.54, 1.807) is 0 Å². The summed E-state index contributed by atoms with van der Waals surface area (Å²) in [4.78, 5) is 7.24. The minimum absolute atomic E-state index is 0. The van der Waals surface area contributed by atoms with Crippen LogP contribution in [0.1, 0.15) is 33.1 Å². The van der Waals surface area contributed by atoms with Gasteiger partial charge in [0.05, 0.1) is 0 Å². The summed E-state index contributed by atoms with van der Waals surface area (Å²) >= 11 is 0. The van der Waals surface area contributed by atoms with Crippen LogP contribution in [-0.4, -0.2) is 50.1 Å². The van der Waals surface area contributed by atoms with Gasteiger partial charge in [-0.05, 0) is 51.7 Å². The molecule has 0 atom stereocenters. The Kier molecular flexibility index (Phi) is 12.3. The monoisotopic (exact) mass is 394 g/mol. The number of aliphatic imine (C=N–C) groups is 1. The van der Waals surface area contributed by atoms with E-state index < -0.39 is 0 Å². The van der Waals surface area contributed by atoms with E-state index in [4.69, 9.17) is 0 Å². The van der Waals surface area contributed by atoms with E-state index in [0.717, 1.165) is 31.5 Å². The first-order valence-electron chi connectivity index (χ1n) is 7.65. The molecule has 0 saturated carbocycles. The van der Waals surface area contributed by atoms with E-state index in [2.05, 4.69) is 41.0 Å². The van der Waals surface area contributed by atoms with Gasteiger partial charge in [-0.2, -0.15) is 0 Å². The van der Waals surface area contributed by atoms with E-state index in [-0.39, 0.29) is 24.0 Å². The van der Waals surface area contributed by atoms with Gasteiger partial charge < -0.3 is 15.5 Å². The molecule has 0 aromatic carbocycles. The second kappa shape index (κ2) is 12.4. The number of halogens is 1. The second-order valence-corrected chi connectivity index (χ2v) is 5.17. The molecule has 0 bridgehead atoms. The quantitative estimate of drug-likeness (QED) is 0.302. The first kappa shape index (κ1) is 19.7. The van der Waals surface area contributed by atoms with Crippen molar-refractivity contribution in [2.75, 3.05) is 39.3 Å². The van der Waals surface area contributed by atoms with Crippen molar-refractivity contribution < 1.29 is 0 Å². The van der Waals surface area contributed by atoms with Crippen LogP contribution < -0.4 is 10.6 Å². The Morgan fingerprint density at radius 3 is 2.55 bits per heavy atom. The number of likely N-dealkylation sites (tertiary alicyclic amines) is 1. The van der Waals surface area contributed by atoms with Crippen LogP contribution in [0.2, 0.25) is 0 Å². The second-order valence-electron chi connectivity index (χ2n) is 5.17. The van der Waals surface area contributed by atoms with E-state index in [0.29, 0.717) is 0 Å². The van der Waals surface area contributed by atoms with Gasteiger partial charge in [-0.3, -0.25) is 4.99 Å². The molecule has 0 aliphatic carbocycles. The minimum atomic E-state index is 0. The number of rotatable bonds is 7. The van der Waals surface area contributed by atoms with Gasteiger partial charge in [0.25, 0.3) is 0 Å². The van der Waals surface area contributed by atoms with Crippen LogP contribution in [0.25, 0.3) is 0 Å². The number of nitrogens with one attached hydrogen (secondary N) is 2. The van der Waals surface area contributed by atoms with E-state index >= 15 is 0 Å². The smallest absolute Gasteiger partial charge is 0.191 e. The van der Waals surface area contributed by atoms with Crippen LogP contribution in [0.5, 0.6) is 0 Å². The molecule has 1 saturated heterocycles. The lowest BCUT2D eigenvalue weighted by molar-refractivity contribution is 0.188. The first-order valence-corrected chi connectivity index (χ1v) is 7.65. The Morgan fingerprint density at radius 2 is 2.00 bits per heavy atom. The zero-order valence-electron chi connectivity index (χ0n) is 13.0. The fourth-order valence-corrected chi connectivity index (χ4v) is 2.44. The lowest BCUT2D eigenvalue weighted by Gasteiger charge is -2.31. The number of guanidine groups is 1. The molecule has 1 heterocycles. The molecule has 1 rings (SSSR count). The molecule has 5 heteroatoms. The summed E-state index contributed by atoms with van der Waals surface area (Å²) in [6.45, 7) is 14.4. The molecule has 0 aromatic heterocycles. The van der Waals surface area contributed by atoms with Crippen LogP contribution in [-0.2, 0) is 0 Å². The SMILES string of the molecule is C=CCNC(=NCC1CCN(CCC)CC1)NCC.I. The maximum absolute atomic E-state index is 4.67. The summed E-state index contributed by atoms with van der Waals surface area (Å²) in [6.07, 6.45) is 5.68. The van der Waals surface area contributed by atoms with Crippen LogP contribution in [0.4, 0.5) is 0 Å². The van der Waals surface area contributed by atoms with Crippen LogP contribution in [0.15, 0.2) is 17.6 Å². The molecule has 0 unspecified atom stereocenters. The van der Waals surface area contributed by atoms with Gasteiger partial charge in [-0.1, -0.05) is 13.0 Å². The van der Waals surface area contributed by atoms with Crippen LogP contribution in [0.3, 0.4) is 0 Å². The number of hydrogen-bond donors (Lipinski definition) is 2. The summed E-state index contributed by atoms with van der Waals surface area (Å²) in [5.41, 5.74) is 0. The Hall–Kier alpha value is -0.300. The van der Waals surface area contributed by atoms with E-state index in [1.165, 1.54) is 38.9 Å². The fourth-order valence-electron chi connectivity index (χ4n) is 2.44. The molecule has 20 heavy (non-hydrogen) atoms. The first-order chi connectivity index (χ1) is 9.30. The van der Waals surface area contributed by atoms with Crippen LogP contribution >= 0.6 is 24.0 Å². The predicted octanol–water partition coefficient (Wildman–Crippen LogP) is 2.47. The topological polar surface area (TPSA) is 39.7 Å². The largest absolute Gasteiger partial charge is 0.357 e. The van der Waals surface area contributed by atoms with Gasteiger partial charge in [0.15, 0.2) is 5.96 Å². The molecule has 1 fully saturated rings. The van der Waals surface area contributed by atoms with E-state index in [9.17, 15) is 0 Å². The van der Waals surface area contributed by atoms with Crippen molar-refractivity contribution >= 4 is 29.9 Å². The predicted molar refractivity (Wildman–Crippen MR) is 99.0 cm³/mol. The van der Waals surface area contributed by atoms with Crippen molar-refractivity contribution in [1.29, 1.82) is 0 Å². The molecule has 1 aliphatic heterocycles. The normalized spacial score (nSPS) is 17.4. The lowest BCUT2D eigenvalue weighted by Crippen LogP contribution is -2.38. The fraction of sp³-hybridized carbons (Fsp3) is 0.800. The third-order valence-corrected chi connectivity index (χ3v) is 3.51. The van der Waals surface area contributed by atoms with Crippen molar-refractivity contribution in [3.8, 4) is 0 Å². The van der Waals surface area contributed by atoms with Crippen molar-refractivity contribution in [2.45, 2.75) is 33.1 Å². The average Bonchev–Trinajstić information content (AvgIpc) is 2.44. The summed E-state index contributed by atoms with van der Waals surface area (Å²) in [5.74, 6) is 1.66. The van der Waals surface area contributed by atoms with Gasteiger partial charge in [-0.25, -0.2) is 0 Å². The van der Waals surface area contributed by atoms with E-state index in [1.807, 2.05) is 6.08 Å². The minimum Gasteiger partial charge on any atom is -0.357 e. The molecule has 1 aliphatic rings. The maximum atomic E-state index is 4.67. The molecule has 0 radical (unpaired) electrons. The zero-order valence-corrected chi connectivity index (χ0v) is 15.4. The molecule has 0 aromatic rings. The lowest BCUT2D eigenvalue weighted by atomic mass is 9.97. The molecule has 0 amide bonds. The van der Waals surface area contributed by atoms with Crippen molar-refractivity contribution in [3.05, 3.63) is 12.7 Å². The van der Waals surface area contributed by atoms with Crippen molar-refractivity contribution in [1.82, 2.24) is 15.5 Å². The Labute approximate surface area is 141 Å². The average molecular weight is 394 g/mol. The highest BCUT2D eigenvalue weighted by Crippen LogP contribution is 2.17. The summed E-state index contributed by atoms with van der Waals surface area (Å²) in [5, 5.41) is 6.52. The van der Waals surface area contributed by atoms with Gasteiger partial charge in [0.2, 0.25) is 0 Å². The third kappa shape index (κ3) is 8.09. The summed E-state index contributed by atoms with van der Waals surface area (Å²) < 4.78 is 0. The van der Waals surface area contributed by atoms with Crippen molar-refractivity contribution in [2.24, 2.45) is 10.9 Å². The molecule has 4 nitrogen and oxygen atoms in total. The molecule has 2 N–H and O–H groups in total. The highest BCUT2D eigenvalue weighted by molar-refractivity contribution is 14.0. The van der Waals surface area contributed by atoms with Crippen molar-refractivity contribution in [3.63, 3.8) is 0 Å². The van der Waals surface area contributed by atoms with Crippen LogP contribution in [0, 0.1) is 5.92 Å². The Morgan fingerprint density at radius 1 is 1.30 bits per heavy atom. The number of nitrogens with zero attached hydrogens (tertiary/aromatic N) is 2. The number of hydrogen-bond acceptors (Lipinski definition) is 2. The summed E-state index contributed by atoms with van der Waals surface area (Å²) in [7, 11) is 0. The standard InChI is InChI=1S/C15H30N4.HI/c1-4-9-17-15(16-6-3)18-13-14-7-11-19(10-5-2)12-8-14;/h4,14H,1,5-13H2,2-3H3,(H2,16,17,18);1H. The van der Waals surface area contributed by atoms with Gasteiger partial charge in [0.1, 0.15) is 0 Å². The highest BCUT2D eigenvalue weighted by atomic mass is 127. The molecular weight excluding hydrogens is 363 g/mol. The van der Waals surface area contributed by atoms with Gasteiger partial charge in [0, 0.05) is 19.6 Å². The van der Waals surface area contributed by atoms with Gasteiger partial charge in [-0.15, -0.1) is 30.6 Å². The molecule has 118 valence electrons. The molecular formula is C15H31IN4. The Balaban J connectivity index is 0.00000361. The summed E-state index contributed by atoms with van der Waals surface area (Å²) in [6, 6.07) is 0. The van der Waals surface area contributed by atoms with Gasteiger partial charge >= 0.3 is 0 Å². The highest BCUT2D eigenvalue weighted by Gasteiger charge is 2.18.